The summed E-state index contributed by atoms with van der Waals surface area (Å²) in [6, 6.07) is 5.19. The van der Waals surface area contributed by atoms with E-state index < -0.39 is 41.6 Å². The topological polar surface area (TPSA) is 147 Å². The van der Waals surface area contributed by atoms with Crippen LogP contribution in [-0.2, 0) is 30.3 Å². The molecule has 1 aromatic carbocycles. The summed E-state index contributed by atoms with van der Waals surface area (Å²) in [5.74, 6) is -2.45. The molecule has 1 heterocycles. The SMILES string of the molecule is CCOC(=O)[C@@H](CCC(=O)N[C@H](Cc1c[nH]c2ccccc12)C(=O)O)NC(=O)OC(C)(C)C. The number of amides is 2. The van der Waals surface area contributed by atoms with Crippen LogP contribution in [0.2, 0.25) is 0 Å². The predicted molar refractivity (Wildman–Crippen MR) is 121 cm³/mol. The highest BCUT2D eigenvalue weighted by molar-refractivity contribution is 5.87. The number of carbonyl (C=O) groups excluding carboxylic acids is 3. The van der Waals surface area contributed by atoms with Gasteiger partial charge in [-0.15, -0.1) is 0 Å². The zero-order valence-corrected chi connectivity index (χ0v) is 19.3. The first kappa shape index (κ1) is 25.7. The van der Waals surface area contributed by atoms with Gasteiger partial charge in [-0.3, -0.25) is 4.79 Å². The first-order chi connectivity index (χ1) is 15.5. The average Bonchev–Trinajstić information content (AvgIpc) is 3.12. The van der Waals surface area contributed by atoms with Gasteiger partial charge in [-0.05, 0) is 45.7 Å². The summed E-state index contributed by atoms with van der Waals surface area (Å²) in [6.45, 7) is 6.76. The summed E-state index contributed by atoms with van der Waals surface area (Å²) in [7, 11) is 0. The quantitative estimate of drug-likeness (QED) is 0.398. The Hall–Kier alpha value is -3.56. The number of nitrogens with one attached hydrogen (secondary N) is 3. The van der Waals surface area contributed by atoms with Gasteiger partial charge in [0.15, 0.2) is 0 Å². The van der Waals surface area contributed by atoms with E-state index in [9.17, 15) is 24.3 Å². The van der Waals surface area contributed by atoms with Gasteiger partial charge in [-0.1, -0.05) is 18.2 Å². The number of alkyl carbamates (subject to hydrolysis) is 1. The number of rotatable bonds is 10. The maximum Gasteiger partial charge on any atom is 0.408 e. The van der Waals surface area contributed by atoms with E-state index in [1.54, 1.807) is 33.9 Å². The summed E-state index contributed by atoms with van der Waals surface area (Å²) in [5, 5.41) is 15.4. The van der Waals surface area contributed by atoms with Gasteiger partial charge in [0.1, 0.15) is 17.7 Å². The first-order valence-electron chi connectivity index (χ1n) is 10.7. The number of para-hydroxylation sites is 1. The van der Waals surface area contributed by atoms with Crippen molar-refractivity contribution in [3.8, 4) is 0 Å². The molecule has 2 amide bonds. The van der Waals surface area contributed by atoms with E-state index in [1.165, 1.54) is 0 Å². The number of aliphatic carboxylic acids is 1. The molecule has 0 saturated heterocycles. The predicted octanol–water partition coefficient (Wildman–Crippen LogP) is 2.52. The van der Waals surface area contributed by atoms with E-state index in [4.69, 9.17) is 9.47 Å². The van der Waals surface area contributed by atoms with Crippen molar-refractivity contribution in [1.82, 2.24) is 15.6 Å². The van der Waals surface area contributed by atoms with Crippen LogP contribution < -0.4 is 10.6 Å². The number of hydrogen-bond donors (Lipinski definition) is 4. The van der Waals surface area contributed by atoms with Crippen LogP contribution in [0.4, 0.5) is 4.79 Å². The minimum absolute atomic E-state index is 0.0800. The number of esters is 1. The van der Waals surface area contributed by atoms with Crippen molar-refractivity contribution < 1.29 is 33.8 Å². The molecule has 4 N–H and O–H groups in total. The van der Waals surface area contributed by atoms with E-state index in [2.05, 4.69) is 15.6 Å². The largest absolute Gasteiger partial charge is 0.480 e. The van der Waals surface area contributed by atoms with Crippen LogP contribution in [0.25, 0.3) is 10.9 Å². The van der Waals surface area contributed by atoms with Gasteiger partial charge >= 0.3 is 18.0 Å². The van der Waals surface area contributed by atoms with Crippen LogP contribution in [0.15, 0.2) is 30.5 Å². The van der Waals surface area contributed by atoms with Crippen molar-refractivity contribution in [2.45, 2.75) is 64.6 Å². The van der Waals surface area contributed by atoms with Crippen molar-refractivity contribution in [3.63, 3.8) is 0 Å². The molecule has 2 atom stereocenters. The van der Waals surface area contributed by atoms with Gasteiger partial charge in [0, 0.05) is 29.9 Å². The van der Waals surface area contributed by atoms with Gasteiger partial charge in [0.25, 0.3) is 0 Å². The normalized spacial score (nSPS) is 13.1. The fraction of sp³-hybridized carbons (Fsp3) is 0.478. The number of fused-ring (bicyclic) bond motifs is 1. The Labute approximate surface area is 192 Å². The molecule has 0 spiro atoms. The lowest BCUT2D eigenvalue weighted by Crippen LogP contribution is -2.46. The number of aromatic amines is 1. The number of carboxylic acids is 1. The molecular formula is C23H31N3O7. The fourth-order valence-corrected chi connectivity index (χ4v) is 3.20. The highest BCUT2D eigenvalue weighted by Gasteiger charge is 2.27. The standard InChI is InChI=1S/C23H31N3O7/c1-5-32-21(30)17(26-22(31)33-23(2,3)4)10-11-19(27)25-18(20(28)29)12-14-13-24-16-9-7-6-8-15(14)16/h6-9,13,17-18,24H,5,10-12H2,1-4H3,(H,25,27)(H,26,31)(H,28,29)/t17-,18-/m1/s1. The molecule has 180 valence electrons. The van der Waals surface area contributed by atoms with Crippen molar-refractivity contribution in [2.75, 3.05) is 6.61 Å². The Kier molecular flexibility index (Phi) is 8.84. The summed E-state index contributed by atoms with van der Waals surface area (Å²) in [4.78, 5) is 51.5. The van der Waals surface area contributed by atoms with Gasteiger partial charge < -0.3 is 30.2 Å². The summed E-state index contributed by atoms with van der Waals surface area (Å²) in [5.41, 5.74) is 0.861. The van der Waals surface area contributed by atoms with Crippen molar-refractivity contribution in [2.24, 2.45) is 0 Å². The fourth-order valence-electron chi connectivity index (χ4n) is 3.20. The van der Waals surface area contributed by atoms with Crippen molar-refractivity contribution in [1.29, 1.82) is 0 Å². The van der Waals surface area contributed by atoms with Crippen LogP contribution in [-0.4, -0.2) is 58.3 Å². The third-order valence-corrected chi connectivity index (χ3v) is 4.65. The smallest absolute Gasteiger partial charge is 0.408 e. The van der Waals surface area contributed by atoms with Crippen LogP contribution in [0.1, 0.15) is 46.1 Å². The maximum atomic E-state index is 12.5. The summed E-state index contributed by atoms with van der Waals surface area (Å²) < 4.78 is 10.1. The molecule has 0 saturated carbocycles. The molecule has 0 aliphatic rings. The number of carboxylic acid groups (broad SMARTS) is 1. The van der Waals surface area contributed by atoms with E-state index >= 15 is 0 Å². The molecule has 2 rings (SSSR count). The number of H-pyrrole nitrogens is 1. The Morgan fingerprint density at radius 2 is 1.79 bits per heavy atom. The lowest BCUT2D eigenvalue weighted by Gasteiger charge is -2.23. The Morgan fingerprint density at radius 1 is 1.09 bits per heavy atom. The monoisotopic (exact) mass is 461 g/mol. The lowest BCUT2D eigenvalue weighted by atomic mass is 10.0. The number of carbonyl (C=O) groups is 4. The Morgan fingerprint density at radius 3 is 2.42 bits per heavy atom. The molecule has 0 aliphatic carbocycles. The molecule has 2 aromatic rings. The molecule has 0 aliphatic heterocycles. The third-order valence-electron chi connectivity index (χ3n) is 4.65. The van der Waals surface area contributed by atoms with Crippen molar-refractivity contribution >= 4 is 34.8 Å². The second-order valence-corrected chi connectivity index (χ2v) is 8.51. The maximum absolute atomic E-state index is 12.5. The molecular weight excluding hydrogens is 430 g/mol. The van der Waals surface area contributed by atoms with Crippen LogP contribution >= 0.6 is 0 Å². The van der Waals surface area contributed by atoms with Gasteiger partial charge in [-0.2, -0.15) is 0 Å². The molecule has 10 nitrogen and oxygen atoms in total. The van der Waals surface area contributed by atoms with E-state index in [-0.39, 0.29) is 25.9 Å². The second-order valence-electron chi connectivity index (χ2n) is 8.51. The number of aromatic nitrogens is 1. The van der Waals surface area contributed by atoms with Crippen LogP contribution in [0.3, 0.4) is 0 Å². The zero-order valence-electron chi connectivity index (χ0n) is 19.3. The first-order valence-corrected chi connectivity index (χ1v) is 10.7. The minimum Gasteiger partial charge on any atom is -0.480 e. The number of ether oxygens (including phenoxy) is 2. The minimum atomic E-state index is -1.18. The highest BCUT2D eigenvalue weighted by atomic mass is 16.6. The number of hydrogen-bond acceptors (Lipinski definition) is 6. The van der Waals surface area contributed by atoms with Crippen LogP contribution in [0.5, 0.6) is 0 Å². The van der Waals surface area contributed by atoms with Gasteiger partial charge in [0.2, 0.25) is 5.91 Å². The Balaban J connectivity index is 1.99. The highest BCUT2D eigenvalue weighted by Crippen LogP contribution is 2.19. The molecule has 33 heavy (non-hydrogen) atoms. The molecule has 0 unspecified atom stereocenters. The summed E-state index contributed by atoms with van der Waals surface area (Å²) >= 11 is 0. The molecule has 0 fully saturated rings. The lowest BCUT2D eigenvalue weighted by molar-refractivity contribution is -0.146. The third kappa shape index (κ3) is 8.13. The van der Waals surface area contributed by atoms with Gasteiger partial charge in [-0.25, -0.2) is 14.4 Å². The van der Waals surface area contributed by atoms with E-state index in [1.807, 2.05) is 24.3 Å². The van der Waals surface area contributed by atoms with Crippen molar-refractivity contribution in [3.05, 3.63) is 36.0 Å². The molecule has 1 aromatic heterocycles. The Bertz CT molecular complexity index is 993. The summed E-state index contributed by atoms with van der Waals surface area (Å²) in [6.07, 6.45) is 0.709. The molecule has 10 heteroatoms. The van der Waals surface area contributed by atoms with Gasteiger partial charge in [0.05, 0.1) is 6.61 Å². The molecule has 0 bridgehead atoms. The van der Waals surface area contributed by atoms with Crippen LogP contribution in [0, 0.1) is 0 Å². The van der Waals surface area contributed by atoms with E-state index in [0.29, 0.717) is 0 Å². The molecule has 0 radical (unpaired) electrons. The second kappa shape index (κ2) is 11.3. The average molecular weight is 462 g/mol. The number of benzene rings is 1. The zero-order chi connectivity index (χ0) is 24.6. The van der Waals surface area contributed by atoms with E-state index in [0.717, 1.165) is 16.5 Å².